The maximum atomic E-state index is 12.3. The van der Waals surface area contributed by atoms with Crippen LogP contribution in [-0.4, -0.2) is 104 Å². The minimum Gasteiger partial charge on any atom is -0.463 e. The van der Waals surface area contributed by atoms with E-state index in [-0.39, 0.29) is 37.0 Å². The summed E-state index contributed by atoms with van der Waals surface area (Å²) in [7, 11) is 0. The van der Waals surface area contributed by atoms with Crippen molar-refractivity contribution in [2.75, 3.05) is 92.5 Å². The van der Waals surface area contributed by atoms with Gasteiger partial charge in [0.2, 0.25) is 0 Å². The third-order valence-electron chi connectivity index (χ3n) is 7.76. The molecule has 0 heterocycles. The lowest BCUT2D eigenvalue weighted by Crippen LogP contribution is -2.18. The quantitative estimate of drug-likeness (QED) is 0.0721. The lowest BCUT2D eigenvalue weighted by atomic mass is 9.97. The standard InChI is InChI=1S/C40H62O10/c1-31(2)29-35-7-11-37(12-8-35)33(5)39(41)49-27-25-47-23-21-45-19-17-43-15-16-44-18-20-46-22-24-48-26-28-50-40(42)34(6)38-13-9-36(10-14-38)30-32(3)4/h7-14,31-34H,15-30H2,1-6H3. The molecule has 2 aromatic rings. The summed E-state index contributed by atoms with van der Waals surface area (Å²) in [5.74, 6) is 0.0661. The maximum absolute atomic E-state index is 12.3. The summed E-state index contributed by atoms with van der Waals surface area (Å²) in [5, 5.41) is 0. The number of hydrogen-bond acceptors (Lipinski definition) is 10. The van der Waals surface area contributed by atoms with Gasteiger partial charge in [0.15, 0.2) is 0 Å². The molecule has 0 aromatic heterocycles. The first kappa shape index (κ1) is 43.3. The first-order valence-electron chi connectivity index (χ1n) is 18.1. The van der Waals surface area contributed by atoms with E-state index in [0.29, 0.717) is 91.1 Å². The highest BCUT2D eigenvalue weighted by Gasteiger charge is 2.18. The van der Waals surface area contributed by atoms with E-state index >= 15 is 0 Å². The van der Waals surface area contributed by atoms with E-state index in [1.807, 2.05) is 38.1 Å². The molecule has 2 aromatic carbocycles. The number of carbonyl (C=O) groups excluding carboxylic acids is 2. The molecule has 0 N–H and O–H groups in total. The predicted octanol–water partition coefficient (Wildman–Crippen LogP) is 6.18. The van der Waals surface area contributed by atoms with E-state index < -0.39 is 0 Å². The summed E-state index contributed by atoms with van der Waals surface area (Å²) in [4.78, 5) is 24.7. The molecule has 10 nitrogen and oxygen atoms in total. The fourth-order valence-corrected chi connectivity index (χ4v) is 4.95. The molecule has 0 amide bonds. The molecule has 0 aliphatic rings. The summed E-state index contributed by atoms with van der Waals surface area (Å²) < 4.78 is 43.7. The van der Waals surface area contributed by atoms with Gasteiger partial charge in [-0.1, -0.05) is 76.2 Å². The lowest BCUT2D eigenvalue weighted by molar-refractivity contribution is -0.147. The van der Waals surface area contributed by atoms with Crippen LogP contribution >= 0.6 is 0 Å². The van der Waals surface area contributed by atoms with Crippen molar-refractivity contribution in [1.29, 1.82) is 0 Å². The molecule has 0 spiro atoms. The van der Waals surface area contributed by atoms with Gasteiger partial charge in [0.1, 0.15) is 13.2 Å². The molecule has 0 fully saturated rings. The second kappa shape index (κ2) is 26.9. The average molecular weight is 703 g/mol. The van der Waals surface area contributed by atoms with Crippen molar-refractivity contribution in [3.63, 3.8) is 0 Å². The smallest absolute Gasteiger partial charge is 0.313 e. The van der Waals surface area contributed by atoms with Crippen LogP contribution in [0.1, 0.15) is 75.6 Å². The zero-order valence-electron chi connectivity index (χ0n) is 31.3. The lowest BCUT2D eigenvalue weighted by Gasteiger charge is -2.13. The van der Waals surface area contributed by atoms with E-state index in [1.165, 1.54) is 11.1 Å². The van der Waals surface area contributed by atoms with Gasteiger partial charge in [-0.25, -0.2) is 0 Å². The van der Waals surface area contributed by atoms with Crippen LogP contribution in [-0.2, 0) is 60.3 Å². The van der Waals surface area contributed by atoms with Crippen LogP contribution in [0, 0.1) is 11.8 Å². The molecule has 0 aliphatic carbocycles. The van der Waals surface area contributed by atoms with Gasteiger partial charge >= 0.3 is 11.9 Å². The van der Waals surface area contributed by atoms with Gasteiger partial charge in [-0.15, -0.1) is 0 Å². The highest BCUT2D eigenvalue weighted by atomic mass is 16.6. The summed E-state index contributed by atoms with van der Waals surface area (Å²) in [6.45, 7) is 18.0. The largest absolute Gasteiger partial charge is 0.463 e. The van der Waals surface area contributed by atoms with Crippen molar-refractivity contribution in [3.8, 4) is 0 Å². The van der Waals surface area contributed by atoms with Crippen molar-refractivity contribution in [1.82, 2.24) is 0 Å². The molecular formula is C40H62O10. The van der Waals surface area contributed by atoms with Crippen molar-refractivity contribution in [2.45, 2.75) is 66.2 Å². The Labute approximate surface area is 300 Å². The molecule has 2 unspecified atom stereocenters. The Kier molecular flexibility index (Phi) is 23.3. The first-order chi connectivity index (χ1) is 24.2. The molecule has 10 heteroatoms. The number of benzene rings is 2. The number of ether oxygens (including phenoxy) is 8. The van der Waals surface area contributed by atoms with Crippen molar-refractivity contribution < 1.29 is 47.5 Å². The number of rotatable bonds is 29. The Balaban J connectivity index is 1.30. The minimum absolute atomic E-state index is 0.212. The van der Waals surface area contributed by atoms with Gasteiger partial charge in [-0.05, 0) is 60.8 Å². The molecule has 282 valence electrons. The first-order valence-corrected chi connectivity index (χ1v) is 18.1. The van der Waals surface area contributed by atoms with Crippen LogP contribution in [0.25, 0.3) is 0 Å². The normalized spacial score (nSPS) is 12.7. The zero-order valence-corrected chi connectivity index (χ0v) is 31.3. The van der Waals surface area contributed by atoms with Crippen molar-refractivity contribution in [3.05, 3.63) is 70.8 Å². The summed E-state index contributed by atoms with van der Waals surface area (Å²) >= 11 is 0. The van der Waals surface area contributed by atoms with Crippen LogP contribution in [0.4, 0.5) is 0 Å². The molecule has 0 saturated carbocycles. The van der Waals surface area contributed by atoms with Crippen molar-refractivity contribution >= 4 is 11.9 Å². The van der Waals surface area contributed by atoms with Gasteiger partial charge in [0.25, 0.3) is 0 Å². The molecule has 0 radical (unpaired) electrons. The van der Waals surface area contributed by atoms with E-state index in [2.05, 4.69) is 52.0 Å². The van der Waals surface area contributed by atoms with Gasteiger partial charge in [-0.2, -0.15) is 0 Å². The highest BCUT2D eigenvalue weighted by Crippen LogP contribution is 2.20. The summed E-state index contributed by atoms with van der Waals surface area (Å²) in [6, 6.07) is 16.4. The summed E-state index contributed by atoms with van der Waals surface area (Å²) in [6.07, 6.45) is 2.05. The Hall–Kier alpha value is -2.86. The molecule has 0 saturated heterocycles. The minimum atomic E-state index is -0.314. The third-order valence-corrected chi connectivity index (χ3v) is 7.76. The molecule has 50 heavy (non-hydrogen) atoms. The molecule has 0 bridgehead atoms. The molecule has 0 aliphatic heterocycles. The maximum Gasteiger partial charge on any atom is 0.313 e. The van der Waals surface area contributed by atoms with Gasteiger partial charge in [-0.3, -0.25) is 9.59 Å². The van der Waals surface area contributed by atoms with Crippen LogP contribution in [0.3, 0.4) is 0 Å². The highest BCUT2D eigenvalue weighted by molar-refractivity contribution is 5.78. The van der Waals surface area contributed by atoms with E-state index in [9.17, 15) is 9.59 Å². The molecule has 2 rings (SSSR count). The van der Waals surface area contributed by atoms with Crippen LogP contribution < -0.4 is 0 Å². The van der Waals surface area contributed by atoms with E-state index in [4.69, 9.17) is 37.9 Å². The van der Waals surface area contributed by atoms with E-state index in [1.54, 1.807) is 0 Å². The predicted molar refractivity (Wildman–Crippen MR) is 194 cm³/mol. The van der Waals surface area contributed by atoms with Gasteiger partial charge in [0.05, 0.1) is 91.1 Å². The second-order valence-electron chi connectivity index (χ2n) is 13.1. The van der Waals surface area contributed by atoms with Crippen LogP contribution in [0.2, 0.25) is 0 Å². The molecular weight excluding hydrogens is 640 g/mol. The number of carbonyl (C=O) groups is 2. The average Bonchev–Trinajstić information content (AvgIpc) is 3.09. The Morgan fingerprint density at radius 2 is 0.640 bits per heavy atom. The second-order valence-corrected chi connectivity index (χ2v) is 13.1. The monoisotopic (exact) mass is 702 g/mol. The fourth-order valence-electron chi connectivity index (χ4n) is 4.95. The van der Waals surface area contributed by atoms with E-state index in [0.717, 1.165) is 24.0 Å². The van der Waals surface area contributed by atoms with Crippen molar-refractivity contribution in [2.24, 2.45) is 11.8 Å². The van der Waals surface area contributed by atoms with Gasteiger partial charge < -0.3 is 37.9 Å². The van der Waals surface area contributed by atoms with Gasteiger partial charge in [0, 0.05) is 0 Å². The third kappa shape index (κ3) is 20.1. The molecule has 2 atom stereocenters. The van der Waals surface area contributed by atoms with Crippen LogP contribution in [0.15, 0.2) is 48.5 Å². The SMILES string of the molecule is CC(C)Cc1ccc(C(C)C(=O)OCCOCCOCCOCCOCCOCCOCCOC(=O)C(C)c2ccc(CC(C)C)cc2)cc1. The zero-order chi connectivity index (χ0) is 36.4. The Morgan fingerprint density at radius 1 is 0.400 bits per heavy atom. The fraction of sp³-hybridized carbons (Fsp3) is 0.650. The number of esters is 2. The number of hydrogen-bond donors (Lipinski definition) is 0. The Bertz CT molecular complexity index is 1060. The van der Waals surface area contributed by atoms with Crippen LogP contribution in [0.5, 0.6) is 0 Å². The topological polar surface area (TPSA) is 108 Å². The Morgan fingerprint density at radius 3 is 0.880 bits per heavy atom. The summed E-state index contributed by atoms with van der Waals surface area (Å²) in [5.41, 5.74) is 4.46.